The number of hydrogen-bond donors (Lipinski definition) is 0. The van der Waals surface area contributed by atoms with E-state index < -0.39 is 18.3 Å². The smallest absolute Gasteiger partial charge is 0.399 e. The molecule has 186 valence electrons. The Bertz CT molecular complexity index is 1830. The summed E-state index contributed by atoms with van der Waals surface area (Å²) in [4.78, 5) is 10.3. The summed E-state index contributed by atoms with van der Waals surface area (Å²) in [5.41, 5.74) is 6.03. The number of rotatable bonds is 3. The quantitative estimate of drug-likeness (QED) is 0.203. The lowest BCUT2D eigenvalue weighted by Crippen LogP contribution is -2.41. The van der Waals surface area contributed by atoms with Crippen LogP contribution in [0.3, 0.4) is 0 Å². The highest BCUT2D eigenvalue weighted by Crippen LogP contribution is 2.38. The number of imidazole rings is 1. The number of fused-ring (bicyclic) bond motifs is 5. The average Bonchev–Trinajstić information content (AvgIpc) is 3.46. The molecule has 3 aromatic heterocycles. The number of aromatic nitrogens is 3. The summed E-state index contributed by atoms with van der Waals surface area (Å²) >= 11 is 0. The number of nitrogens with zero attached hydrogens (tertiary/aromatic N) is 3. The molecule has 1 saturated heterocycles. The van der Waals surface area contributed by atoms with E-state index in [1.165, 1.54) is 0 Å². The van der Waals surface area contributed by atoms with Gasteiger partial charge in [-0.1, -0.05) is 72.8 Å². The zero-order valence-corrected chi connectivity index (χ0v) is 22.0. The number of hydrogen-bond acceptors (Lipinski definition) is 4. The summed E-state index contributed by atoms with van der Waals surface area (Å²) < 4.78 is 14.8. The standard InChI is InChI=1S/C32H28BN3O2/c1-31(2)32(3,4)38-33(37-31)23-14-10-13-22(19-23)29-25-17-18-36-20-27(21-11-6-5-7-12-21)35-30(36)28(25)24-15-8-9-16-26(24)34-29/h5-20H,1-4H3. The average molecular weight is 497 g/mol. The van der Waals surface area contributed by atoms with Gasteiger partial charge in [0.1, 0.15) is 5.65 Å². The van der Waals surface area contributed by atoms with Crippen LogP contribution in [-0.2, 0) is 9.31 Å². The van der Waals surface area contributed by atoms with E-state index in [1.54, 1.807) is 0 Å². The minimum absolute atomic E-state index is 0.399. The highest BCUT2D eigenvalue weighted by molar-refractivity contribution is 6.62. The third kappa shape index (κ3) is 3.56. The Hall–Kier alpha value is -4.00. The molecule has 0 radical (unpaired) electrons. The first-order valence-corrected chi connectivity index (χ1v) is 13.0. The van der Waals surface area contributed by atoms with Crippen molar-refractivity contribution < 1.29 is 9.31 Å². The highest BCUT2D eigenvalue weighted by atomic mass is 16.7. The van der Waals surface area contributed by atoms with Crippen molar-refractivity contribution in [3.05, 3.63) is 97.3 Å². The maximum absolute atomic E-state index is 6.35. The maximum atomic E-state index is 6.35. The van der Waals surface area contributed by atoms with E-state index in [2.05, 4.69) is 105 Å². The Morgan fingerprint density at radius 1 is 0.711 bits per heavy atom. The normalized spacial score (nSPS) is 16.6. The zero-order chi connectivity index (χ0) is 26.1. The van der Waals surface area contributed by atoms with Gasteiger partial charge in [-0.15, -0.1) is 0 Å². The molecule has 3 aromatic carbocycles. The highest BCUT2D eigenvalue weighted by Gasteiger charge is 2.51. The van der Waals surface area contributed by atoms with Crippen molar-refractivity contribution >= 4 is 39.9 Å². The van der Waals surface area contributed by atoms with Crippen LogP contribution in [-0.4, -0.2) is 32.7 Å². The lowest BCUT2D eigenvalue weighted by atomic mass is 9.78. The van der Waals surface area contributed by atoms with Crippen molar-refractivity contribution in [1.82, 2.24) is 14.4 Å². The molecular formula is C32H28BN3O2. The number of benzene rings is 3. The van der Waals surface area contributed by atoms with Gasteiger partial charge in [0.05, 0.1) is 28.1 Å². The van der Waals surface area contributed by atoms with Crippen LogP contribution in [0.15, 0.2) is 97.3 Å². The first-order valence-electron chi connectivity index (χ1n) is 13.0. The van der Waals surface area contributed by atoms with Crippen LogP contribution < -0.4 is 5.46 Å². The van der Waals surface area contributed by atoms with Gasteiger partial charge in [-0.2, -0.15) is 0 Å². The van der Waals surface area contributed by atoms with E-state index in [1.807, 2.05) is 24.3 Å². The molecule has 0 aliphatic carbocycles. The molecule has 1 aliphatic heterocycles. The molecule has 0 saturated carbocycles. The summed E-state index contributed by atoms with van der Waals surface area (Å²) in [6, 6.07) is 29.1. The van der Waals surface area contributed by atoms with Gasteiger partial charge < -0.3 is 13.7 Å². The number of para-hydroxylation sites is 1. The van der Waals surface area contributed by atoms with Crippen molar-refractivity contribution in [2.75, 3.05) is 0 Å². The van der Waals surface area contributed by atoms with E-state index in [9.17, 15) is 0 Å². The summed E-state index contributed by atoms with van der Waals surface area (Å²) in [7, 11) is -0.431. The van der Waals surface area contributed by atoms with E-state index in [0.717, 1.165) is 55.3 Å². The molecule has 1 aliphatic rings. The predicted molar refractivity (Wildman–Crippen MR) is 155 cm³/mol. The number of pyridine rings is 2. The lowest BCUT2D eigenvalue weighted by Gasteiger charge is -2.32. The molecule has 1 fully saturated rings. The Kier molecular flexibility index (Phi) is 5.03. The minimum atomic E-state index is -0.431. The Balaban J connectivity index is 1.44. The van der Waals surface area contributed by atoms with Gasteiger partial charge in [0.25, 0.3) is 0 Å². The topological polar surface area (TPSA) is 48.7 Å². The second-order valence-electron chi connectivity index (χ2n) is 11.0. The Labute approximate surface area is 222 Å². The molecule has 4 heterocycles. The van der Waals surface area contributed by atoms with Crippen molar-refractivity contribution in [2.45, 2.75) is 38.9 Å². The fourth-order valence-corrected chi connectivity index (χ4v) is 5.26. The Morgan fingerprint density at radius 2 is 1.42 bits per heavy atom. The zero-order valence-electron chi connectivity index (χ0n) is 22.0. The Morgan fingerprint density at radius 3 is 2.21 bits per heavy atom. The molecule has 6 aromatic rings. The molecule has 0 atom stereocenters. The van der Waals surface area contributed by atoms with Crippen molar-refractivity contribution in [3.8, 4) is 22.5 Å². The van der Waals surface area contributed by atoms with Crippen molar-refractivity contribution in [3.63, 3.8) is 0 Å². The van der Waals surface area contributed by atoms with Crippen LogP contribution in [0.5, 0.6) is 0 Å². The molecule has 0 amide bonds. The van der Waals surface area contributed by atoms with Crippen LogP contribution in [0.1, 0.15) is 27.7 Å². The largest absolute Gasteiger partial charge is 0.494 e. The molecule has 6 heteroatoms. The van der Waals surface area contributed by atoms with E-state index >= 15 is 0 Å². The second kappa shape index (κ2) is 8.25. The molecule has 38 heavy (non-hydrogen) atoms. The maximum Gasteiger partial charge on any atom is 0.494 e. The fraction of sp³-hybridized carbons (Fsp3) is 0.188. The fourth-order valence-electron chi connectivity index (χ4n) is 5.26. The molecule has 5 nitrogen and oxygen atoms in total. The molecule has 0 N–H and O–H groups in total. The van der Waals surface area contributed by atoms with Crippen LogP contribution >= 0.6 is 0 Å². The monoisotopic (exact) mass is 497 g/mol. The van der Waals surface area contributed by atoms with Crippen LogP contribution in [0.2, 0.25) is 0 Å². The summed E-state index contributed by atoms with van der Waals surface area (Å²) in [5, 5.41) is 3.24. The van der Waals surface area contributed by atoms with Gasteiger partial charge in [0.2, 0.25) is 0 Å². The molecule has 7 rings (SSSR count). The van der Waals surface area contributed by atoms with Crippen molar-refractivity contribution in [1.29, 1.82) is 0 Å². The van der Waals surface area contributed by atoms with Crippen LogP contribution in [0.25, 0.3) is 49.8 Å². The minimum Gasteiger partial charge on any atom is -0.399 e. The van der Waals surface area contributed by atoms with Gasteiger partial charge in [-0.3, -0.25) is 0 Å². The van der Waals surface area contributed by atoms with Gasteiger partial charge >= 0.3 is 7.12 Å². The van der Waals surface area contributed by atoms with E-state index in [4.69, 9.17) is 19.3 Å². The van der Waals surface area contributed by atoms with Gasteiger partial charge in [0.15, 0.2) is 0 Å². The van der Waals surface area contributed by atoms with Gasteiger partial charge in [-0.25, -0.2) is 9.97 Å². The molecule has 0 bridgehead atoms. The SMILES string of the molecule is CC1(C)OB(c2cccc(-c3nc4ccccc4c4c3ccn3cc(-c5ccccc5)nc43)c2)OC1(C)C. The second-order valence-corrected chi connectivity index (χ2v) is 11.0. The molecule has 0 spiro atoms. The van der Waals surface area contributed by atoms with Crippen molar-refractivity contribution in [2.24, 2.45) is 0 Å². The van der Waals surface area contributed by atoms with E-state index in [0.29, 0.717) is 0 Å². The summed E-state index contributed by atoms with van der Waals surface area (Å²) in [6.45, 7) is 8.31. The summed E-state index contributed by atoms with van der Waals surface area (Å²) in [6.07, 6.45) is 4.17. The van der Waals surface area contributed by atoms with Gasteiger partial charge in [0, 0.05) is 39.7 Å². The first kappa shape index (κ1) is 23.1. The summed E-state index contributed by atoms with van der Waals surface area (Å²) in [5.74, 6) is 0. The van der Waals surface area contributed by atoms with Crippen LogP contribution in [0, 0.1) is 0 Å². The lowest BCUT2D eigenvalue weighted by molar-refractivity contribution is 0.00578. The third-order valence-electron chi connectivity index (χ3n) is 8.04. The third-order valence-corrected chi connectivity index (χ3v) is 8.04. The van der Waals surface area contributed by atoms with Crippen LogP contribution in [0.4, 0.5) is 0 Å². The molecular weight excluding hydrogens is 469 g/mol. The first-order chi connectivity index (χ1) is 18.3. The van der Waals surface area contributed by atoms with E-state index in [-0.39, 0.29) is 0 Å². The molecule has 0 unspecified atom stereocenters. The predicted octanol–water partition coefficient (Wildman–Crippen LogP) is 6.67. The van der Waals surface area contributed by atoms with Gasteiger partial charge in [-0.05, 0) is 45.3 Å².